The Balaban J connectivity index is 1.67. The number of carbonyl (C=O) groups is 3. The number of ketones is 1. The fourth-order valence-electron chi connectivity index (χ4n) is 4.95. The van der Waals surface area contributed by atoms with Crippen molar-refractivity contribution in [3.8, 4) is 46.0 Å². The maximum atomic E-state index is 14.6. The fourth-order valence-corrected chi connectivity index (χ4v) is 4.95. The van der Waals surface area contributed by atoms with Crippen molar-refractivity contribution in [3.05, 3.63) is 22.3 Å². The van der Waals surface area contributed by atoms with Crippen LogP contribution >= 0.6 is 0 Å². The van der Waals surface area contributed by atoms with Crippen molar-refractivity contribution in [2.75, 3.05) is 0 Å². The molecule has 2 aromatic carbocycles. The lowest BCUT2D eigenvalue weighted by Crippen LogP contribution is -2.31. The summed E-state index contributed by atoms with van der Waals surface area (Å²) in [6.07, 6.45) is 1.13. The van der Waals surface area contributed by atoms with Crippen molar-refractivity contribution in [1.82, 2.24) is 0 Å². The number of hydrogen-bond donors (Lipinski definition) is 0. The molecule has 200 valence electrons. The van der Waals surface area contributed by atoms with E-state index < -0.39 is 28.9 Å². The molecule has 0 amide bonds. The lowest BCUT2D eigenvalue weighted by molar-refractivity contribution is -0.0493. The number of carbonyl (C=O) groups excluding carboxylic acids is 3. The van der Waals surface area contributed by atoms with Gasteiger partial charge < -0.3 is 37.9 Å². The highest BCUT2D eigenvalue weighted by Crippen LogP contribution is 2.61. The maximum Gasteiger partial charge on any atom is 0.246 e. The largest absolute Gasteiger partial charge is 0.448 e. The van der Waals surface area contributed by atoms with Crippen LogP contribution in [0.3, 0.4) is 0 Å². The van der Waals surface area contributed by atoms with E-state index in [9.17, 15) is 14.4 Å². The van der Waals surface area contributed by atoms with E-state index in [2.05, 4.69) is 0 Å². The smallest absolute Gasteiger partial charge is 0.246 e. The second-order valence-electron chi connectivity index (χ2n) is 11.2. The first kappa shape index (κ1) is 24.2. The summed E-state index contributed by atoms with van der Waals surface area (Å²) in [5.41, 5.74) is -0.0324. The molecule has 0 N–H and O–H groups in total. The Morgan fingerprint density at radius 1 is 0.447 bits per heavy atom. The molecule has 0 atom stereocenters. The number of benzene rings is 2. The minimum atomic E-state index is -1.20. The molecule has 0 aliphatic carbocycles. The van der Waals surface area contributed by atoms with E-state index in [1.807, 2.05) is 0 Å². The molecule has 0 saturated heterocycles. The number of ether oxygens (including phenoxy) is 8. The van der Waals surface area contributed by atoms with E-state index in [0.717, 1.165) is 0 Å². The first-order chi connectivity index (χ1) is 17.6. The van der Waals surface area contributed by atoms with Crippen molar-refractivity contribution in [2.24, 2.45) is 0 Å². The zero-order valence-electron chi connectivity index (χ0n) is 22.1. The van der Waals surface area contributed by atoms with Crippen molar-refractivity contribution >= 4 is 18.4 Å². The van der Waals surface area contributed by atoms with Crippen LogP contribution in [0, 0.1) is 0 Å². The molecule has 4 aliphatic rings. The molecule has 38 heavy (non-hydrogen) atoms. The van der Waals surface area contributed by atoms with Gasteiger partial charge in [-0.25, -0.2) is 0 Å². The SMILES string of the molecule is CC1(C)Oc2c(C=O)c3c(c(C(=O)c4c5c(c(C=O)c6c4OC(C)(C)O6)OC(C)(C)O5)c2O1)OC(C)(C)O3. The third-order valence-corrected chi connectivity index (χ3v) is 6.18. The topological polar surface area (TPSA) is 125 Å². The van der Waals surface area contributed by atoms with E-state index in [1.165, 1.54) is 0 Å². The molecule has 11 heteroatoms. The van der Waals surface area contributed by atoms with Gasteiger partial charge in [0.05, 0.1) is 0 Å². The Bertz CT molecular complexity index is 1280. The summed E-state index contributed by atoms with van der Waals surface area (Å²) in [5, 5.41) is 0. The Morgan fingerprint density at radius 2 is 0.658 bits per heavy atom. The Morgan fingerprint density at radius 3 is 0.868 bits per heavy atom. The van der Waals surface area contributed by atoms with E-state index in [4.69, 9.17) is 37.9 Å². The van der Waals surface area contributed by atoms with Gasteiger partial charge >= 0.3 is 0 Å². The fraction of sp³-hybridized carbons (Fsp3) is 0.444. The van der Waals surface area contributed by atoms with Crippen LogP contribution in [0.15, 0.2) is 0 Å². The van der Waals surface area contributed by atoms with Gasteiger partial charge in [0, 0.05) is 55.4 Å². The van der Waals surface area contributed by atoms with Gasteiger partial charge in [-0.3, -0.25) is 14.4 Å². The Kier molecular flexibility index (Phi) is 4.48. The van der Waals surface area contributed by atoms with Crippen molar-refractivity contribution in [2.45, 2.75) is 78.5 Å². The second kappa shape index (κ2) is 7.03. The van der Waals surface area contributed by atoms with Gasteiger partial charge in [0.25, 0.3) is 0 Å². The van der Waals surface area contributed by atoms with Gasteiger partial charge in [-0.2, -0.15) is 0 Å². The molecule has 4 aliphatic heterocycles. The van der Waals surface area contributed by atoms with Crippen LogP contribution in [-0.2, 0) is 0 Å². The predicted octanol–water partition coefficient (Wildman–Crippen LogP) is 4.57. The highest BCUT2D eigenvalue weighted by Gasteiger charge is 2.51. The summed E-state index contributed by atoms with van der Waals surface area (Å²) in [4.78, 5) is 38.9. The van der Waals surface area contributed by atoms with Crippen LogP contribution in [-0.4, -0.2) is 41.5 Å². The summed E-state index contributed by atoms with van der Waals surface area (Å²) >= 11 is 0. The van der Waals surface area contributed by atoms with Gasteiger partial charge in [-0.15, -0.1) is 0 Å². The van der Waals surface area contributed by atoms with E-state index in [0.29, 0.717) is 12.6 Å². The summed E-state index contributed by atoms with van der Waals surface area (Å²) in [6.45, 7) is 13.1. The molecule has 0 saturated carbocycles. The van der Waals surface area contributed by atoms with Crippen LogP contribution in [0.2, 0.25) is 0 Å². The first-order valence-electron chi connectivity index (χ1n) is 12.0. The van der Waals surface area contributed by atoms with Gasteiger partial charge in [0.2, 0.25) is 28.9 Å². The average Bonchev–Trinajstić information content (AvgIpc) is 3.46. The molecule has 11 nitrogen and oxygen atoms in total. The van der Waals surface area contributed by atoms with Crippen molar-refractivity contribution < 1.29 is 52.3 Å². The molecule has 0 radical (unpaired) electrons. The minimum Gasteiger partial charge on any atom is -0.448 e. The lowest BCUT2D eigenvalue weighted by Gasteiger charge is -2.19. The van der Waals surface area contributed by atoms with Crippen molar-refractivity contribution in [3.63, 3.8) is 0 Å². The second-order valence-corrected chi connectivity index (χ2v) is 11.2. The number of rotatable bonds is 4. The minimum absolute atomic E-state index is 0.000430. The van der Waals surface area contributed by atoms with Crippen molar-refractivity contribution in [1.29, 1.82) is 0 Å². The zero-order valence-corrected chi connectivity index (χ0v) is 22.1. The highest BCUT2D eigenvalue weighted by atomic mass is 16.8. The first-order valence-corrected chi connectivity index (χ1v) is 12.0. The van der Waals surface area contributed by atoms with Gasteiger partial charge in [0.1, 0.15) is 22.3 Å². The summed E-state index contributed by atoms with van der Waals surface area (Å²) in [6, 6.07) is 0. The molecule has 0 bridgehead atoms. The van der Waals surface area contributed by atoms with E-state index >= 15 is 0 Å². The lowest BCUT2D eigenvalue weighted by atomic mass is 9.95. The third-order valence-electron chi connectivity index (χ3n) is 6.18. The Labute approximate surface area is 217 Å². The molecule has 0 spiro atoms. The maximum absolute atomic E-state index is 14.6. The number of fused-ring (bicyclic) bond motifs is 4. The normalized spacial score (nSPS) is 20.8. The quantitative estimate of drug-likeness (QED) is 0.411. The van der Waals surface area contributed by atoms with Crippen LogP contribution in [0.5, 0.6) is 46.0 Å². The van der Waals surface area contributed by atoms with Gasteiger partial charge in [0.15, 0.2) is 58.6 Å². The predicted molar refractivity (Wildman–Crippen MR) is 128 cm³/mol. The molecule has 0 unspecified atom stereocenters. The summed E-state index contributed by atoms with van der Waals surface area (Å²) < 4.78 is 47.8. The van der Waals surface area contributed by atoms with Crippen LogP contribution < -0.4 is 37.9 Å². The zero-order chi connectivity index (χ0) is 27.6. The molecular weight excluding hydrogens is 500 g/mol. The van der Waals surface area contributed by atoms with E-state index in [-0.39, 0.29) is 68.2 Å². The highest BCUT2D eigenvalue weighted by molar-refractivity contribution is 6.19. The number of hydrogen-bond acceptors (Lipinski definition) is 11. The summed E-state index contributed by atoms with van der Waals surface area (Å²) in [5.74, 6) is -5.29. The molecule has 2 aromatic rings. The third kappa shape index (κ3) is 3.30. The van der Waals surface area contributed by atoms with Crippen LogP contribution in [0.1, 0.15) is 92.0 Å². The average molecular weight is 526 g/mol. The molecule has 0 fully saturated rings. The van der Waals surface area contributed by atoms with Gasteiger partial charge in [-0.1, -0.05) is 0 Å². The molecule has 6 rings (SSSR count). The molecule has 0 aromatic heterocycles. The molecular formula is C27H26O11. The summed E-state index contributed by atoms with van der Waals surface area (Å²) in [7, 11) is 0. The molecule has 4 heterocycles. The van der Waals surface area contributed by atoms with Crippen LogP contribution in [0.25, 0.3) is 0 Å². The van der Waals surface area contributed by atoms with Gasteiger partial charge in [-0.05, 0) is 0 Å². The van der Waals surface area contributed by atoms with E-state index in [1.54, 1.807) is 55.4 Å². The Hall–Kier alpha value is -4.15. The van der Waals surface area contributed by atoms with Crippen LogP contribution in [0.4, 0.5) is 0 Å². The standard InChI is InChI=1S/C27H26O11/c1-24(2)31-16-11(9-28)17-21(36-25(3,4)32-17)13(20(16)35-24)15(30)14-22-18(33-26(5,6)37-22)12(10-29)19-23(14)38-27(7,8)34-19/h9-10H,1-8H3. The number of aldehydes is 2. The monoisotopic (exact) mass is 526 g/mol.